The number of anilines is 2. The maximum absolute atomic E-state index is 12.8. The lowest BCUT2D eigenvalue weighted by atomic mass is 10.1. The van der Waals surface area contributed by atoms with E-state index in [1.807, 2.05) is 0 Å². The van der Waals surface area contributed by atoms with Crippen LogP contribution in [-0.4, -0.2) is 29.1 Å². The molecule has 0 unspecified atom stereocenters. The summed E-state index contributed by atoms with van der Waals surface area (Å²) in [5, 5.41) is 5.25. The zero-order valence-electron chi connectivity index (χ0n) is 13.5. The molecule has 0 radical (unpaired) electrons. The molecule has 25 heavy (non-hydrogen) atoms. The van der Waals surface area contributed by atoms with Crippen molar-refractivity contribution in [2.24, 2.45) is 0 Å². The Bertz CT molecular complexity index is 761. The summed E-state index contributed by atoms with van der Waals surface area (Å²) in [5.74, 6) is -0.632. The van der Waals surface area contributed by atoms with Gasteiger partial charge in [0.2, 0.25) is 11.8 Å². The molecule has 0 aliphatic heterocycles. The Morgan fingerprint density at radius 3 is 2.04 bits per heavy atom. The predicted octanol–water partition coefficient (Wildman–Crippen LogP) is 3.34. The number of rotatable bonds is 7. The number of benzene rings is 2. The lowest BCUT2D eigenvalue weighted by Crippen LogP contribution is -2.15. The first-order chi connectivity index (χ1) is 11.9. The molecule has 2 amide bonds. The Hall–Kier alpha value is -2.67. The highest BCUT2D eigenvalue weighted by molar-refractivity contribution is 8.00. The average molecular weight is 360 g/mol. The third-order valence-corrected chi connectivity index (χ3v) is 4.05. The van der Waals surface area contributed by atoms with Crippen LogP contribution in [0.2, 0.25) is 0 Å². The third kappa shape index (κ3) is 6.39. The van der Waals surface area contributed by atoms with Crippen molar-refractivity contribution in [3.8, 4) is 0 Å². The number of ketones is 1. The Labute approximate surface area is 149 Å². The quantitative estimate of drug-likeness (QED) is 0.743. The maximum Gasteiger partial charge on any atom is 0.234 e. The van der Waals surface area contributed by atoms with Gasteiger partial charge in [0.1, 0.15) is 5.82 Å². The van der Waals surface area contributed by atoms with Crippen molar-refractivity contribution in [2.75, 3.05) is 22.1 Å². The van der Waals surface area contributed by atoms with Crippen LogP contribution in [0.3, 0.4) is 0 Å². The number of thioether (sulfide) groups is 1. The highest BCUT2D eigenvalue weighted by Gasteiger charge is 2.09. The Kier molecular flexibility index (Phi) is 6.71. The molecule has 7 heteroatoms. The third-order valence-electron chi connectivity index (χ3n) is 3.12. The second-order valence-corrected chi connectivity index (χ2v) is 6.22. The van der Waals surface area contributed by atoms with Gasteiger partial charge in [0.25, 0.3) is 0 Å². The first kappa shape index (κ1) is 18.7. The molecule has 2 N–H and O–H groups in total. The van der Waals surface area contributed by atoms with Gasteiger partial charge < -0.3 is 10.6 Å². The van der Waals surface area contributed by atoms with Gasteiger partial charge in [0.05, 0.1) is 11.5 Å². The van der Waals surface area contributed by atoms with Gasteiger partial charge in [-0.3, -0.25) is 14.4 Å². The highest BCUT2D eigenvalue weighted by Crippen LogP contribution is 2.13. The second-order valence-electron chi connectivity index (χ2n) is 5.23. The molecule has 0 bridgehead atoms. The summed E-state index contributed by atoms with van der Waals surface area (Å²) in [6.45, 7) is 1.41. The lowest BCUT2D eigenvalue weighted by molar-refractivity contribution is -0.114. The average Bonchev–Trinajstić information content (AvgIpc) is 2.57. The lowest BCUT2D eigenvalue weighted by Gasteiger charge is -2.06. The first-order valence-corrected chi connectivity index (χ1v) is 8.63. The van der Waals surface area contributed by atoms with Gasteiger partial charge >= 0.3 is 0 Å². The molecular formula is C18H17FN2O3S. The van der Waals surface area contributed by atoms with Crippen LogP contribution in [0.4, 0.5) is 15.8 Å². The first-order valence-electron chi connectivity index (χ1n) is 7.48. The molecule has 0 aliphatic carbocycles. The van der Waals surface area contributed by atoms with E-state index >= 15 is 0 Å². The van der Waals surface area contributed by atoms with Crippen LogP contribution in [0.1, 0.15) is 17.3 Å². The Morgan fingerprint density at radius 2 is 1.44 bits per heavy atom. The SMILES string of the molecule is CC(=O)Nc1ccc(C(=O)CSCC(=O)Nc2ccc(F)cc2)cc1. The molecular weight excluding hydrogens is 343 g/mol. The number of nitrogens with one attached hydrogen (secondary N) is 2. The number of halogens is 1. The molecule has 0 saturated heterocycles. The highest BCUT2D eigenvalue weighted by atomic mass is 32.2. The van der Waals surface area contributed by atoms with E-state index in [1.54, 1.807) is 24.3 Å². The fraction of sp³-hybridized carbons (Fsp3) is 0.167. The van der Waals surface area contributed by atoms with E-state index in [1.165, 1.54) is 43.0 Å². The smallest absolute Gasteiger partial charge is 0.234 e. The molecule has 2 aromatic carbocycles. The van der Waals surface area contributed by atoms with Crippen LogP contribution in [-0.2, 0) is 9.59 Å². The maximum atomic E-state index is 12.8. The van der Waals surface area contributed by atoms with Gasteiger partial charge in [-0.15, -0.1) is 11.8 Å². The van der Waals surface area contributed by atoms with E-state index in [9.17, 15) is 18.8 Å². The second kappa shape index (κ2) is 8.98. The summed E-state index contributed by atoms with van der Waals surface area (Å²) in [4.78, 5) is 34.8. The summed E-state index contributed by atoms with van der Waals surface area (Å²) in [6.07, 6.45) is 0. The minimum atomic E-state index is -0.373. The molecule has 0 spiro atoms. The Morgan fingerprint density at radius 1 is 0.880 bits per heavy atom. The monoisotopic (exact) mass is 360 g/mol. The van der Waals surface area contributed by atoms with E-state index in [0.29, 0.717) is 16.9 Å². The molecule has 2 rings (SSSR count). The van der Waals surface area contributed by atoms with Crippen LogP contribution in [0, 0.1) is 5.82 Å². The molecule has 2 aromatic rings. The fourth-order valence-corrected chi connectivity index (χ4v) is 2.70. The summed E-state index contributed by atoms with van der Waals surface area (Å²) in [6, 6.07) is 12.0. The molecule has 0 saturated carbocycles. The fourth-order valence-electron chi connectivity index (χ4n) is 1.99. The molecule has 130 valence electrons. The molecule has 0 heterocycles. The van der Waals surface area contributed by atoms with Crippen LogP contribution >= 0.6 is 11.8 Å². The molecule has 0 aromatic heterocycles. The predicted molar refractivity (Wildman–Crippen MR) is 97.4 cm³/mol. The van der Waals surface area contributed by atoms with Gasteiger partial charge in [-0.05, 0) is 48.5 Å². The molecule has 0 aliphatic rings. The van der Waals surface area contributed by atoms with Gasteiger partial charge in [-0.1, -0.05) is 0 Å². The minimum absolute atomic E-state index is 0.103. The van der Waals surface area contributed by atoms with Gasteiger partial charge in [-0.2, -0.15) is 0 Å². The molecule has 5 nitrogen and oxygen atoms in total. The zero-order chi connectivity index (χ0) is 18.2. The van der Waals surface area contributed by atoms with E-state index in [4.69, 9.17) is 0 Å². The van der Waals surface area contributed by atoms with Crippen LogP contribution in [0.25, 0.3) is 0 Å². The number of carbonyl (C=O) groups is 3. The van der Waals surface area contributed by atoms with Crippen molar-refractivity contribution in [1.82, 2.24) is 0 Å². The zero-order valence-corrected chi connectivity index (χ0v) is 14.4. The van der Waals surface area contributed by atoms with Crippen molar-refractivity contribution < 1.29 is 18.8 Å². The van der Waals surface area contributed by atoms with Crippen molar-refractivity contribution >= 4 is 40.7 Å². The van der Waals surface area contributed by atoms with Crippen molar-refractivity contribution in [1.29, 1.82) is 0 Å². The van der Waals surface area contributed by atoms with E-state index < -0.39 is 0 Å². The van der Waals surface area contributed by atoms with Gasteiger partial charge in [0.15, 0.2) is 5.78 Å². The van der Waals surface area contributed by atoms with E-state index in [0.717, 1.165) is 0 Å². The normalized spacial score (nSPS) is 10.2. The topological polar surface area (TPSA) is 75.3 Å². The largest absolute Gasteiger partial charge is 0.326 e. The number of amides is 2. The summed E-state index contributed by atoms with van der Waals surface area (Å²) in [7, 11) is 0. The number of hydrogen-bond acceptors (Lipinski definition) is 4. The standard InChI is InChI=1S/C18H17FN2O3S/c1-12(22)20-15-6-2-13(3-7-15)17(23)10-25-11-18(24)21-16-8-4-14(19)5-9-16/h2-9H,10-11H2,1H3,(H,20,22)(H,21,24). The number of hydrogen-bond donors (Lipinski definition) is 2. The van der Waals surface area contributed by atoms with Crippen LogP contribution in [0.15, 0.2) is 48.5 Å². The summed E-state index contributed by atoms with van der Waals surface area (Å²) >= 11 is 1.20. The van der Waals surface area contributed by atoms with E-state index in [2.05, 4.69) is 10.6 Å². The van der Waals surface area contributed by atoms with Crippen molar-refractivity contribution in [3.05, 3.63) is 59.9 Å². The molecule has 0 fully saturated rings. The molecule has 0 atom stereocenters. The van der Waals surface area contributed by atoms with Crippen LogP contribution < -0.4 is 10.6 Å². The van der Waals surface area contributed by atoms with Crippen LogP contribution in [0.5, 0.6) is 0 Å². The summed E-state index contributed by atoms with van der Waals surface area (Å²) < 4.78 is 12.8. The number of Topliss-reactive ketones (excluding diaryl/α,β-unsaturated/α-hetero) is 1. The van der Waals surface area contributed by atoms with Gasteiger partial charge in [0, 0.05) is 23.9 Å². The summed E-state index contributed by atoms with van der Waals surface area (Å²) in [5.41, 5.74) is 1.64. The van der Waals surface area contributed by atoms with Crippen molar-refractivity contribution in [3.63, 3.8) is 0 Å². The van der Waals surface area contributed by atoms with Gasteiger partial charge in [-0.25, -0.2) is 4.39 Å². The minimum Gasteiger partial charge on any atom is -0.326 e. The van der Waals surface area contributed by atoms with E-state index in [-0.39, 0.29) is 34.9 Å². The number of carbonyl (C=O) groups excluding carboxylic acids is 3. The van der Waals surface area contributed by atoms with Crippen molar-refractivity contribution in [2.45, 2.75) is 6.92 Å². The Balaban J connectivity index is 1.76.